The molecule has 2 aliphatic rings. The van der Waals surface area contributed by atoms with Gasteiger partial charge in [-0.25, -0.2) is 0 Å². The Morgan fingerprint density at radius 2 is 1.78 bits per heavy atom. The van der Waals surface area contributed by atoms with E-state index in [0.29, 0.717) is 0 Å². The minimum absolute atomic E-state index is 0.00738. The van der Waals surface area contributed by atoms with Crippen molar-refractivity contribution in [3.63, 3.8) is 0 Å². The Labute approximate surface area is 162 Å². The highest BCUT2D eigenvalue weighted by Crippen LogP contribution is 2.44. The molecule has 4 rings (SSSR count). The van der Waals surface area contributed by atoms with E-state index in [0.717, 1.165) is 25.1 Å². The summed E-state index contributed by atoms with van der Waals surface area (Å²) in [6.45, 7) is 0.838. The number of ether oxygens (including phenoxy) is 1. The second-order valence-electron chi connectivity index (χ2n) is 7.63. The number of hydrogen-bond donors (Lipinski definition) is 2. The van der Waals surface area contributed by atoms with Gasteiger partial charge in [0.2, 0.25) is 0 Å². The van der Waals surface area contributed by atoms with Crippen molar-refractivity contribution in [3.05, 3.63) is 71.4 Å². The predicted molar refractivity (Wildman–Crippen MR) is 110 cm³/mol. The number of rotatable bonds is 4. The van der Waals surface area contributed by atoms with Crippen LogP contribution in [0.1, 0.15) is 43.2 Å². The lowest BCUT2D eigenvalue weighted by Crippen LogP contribution is -2.52. The van der Waals surface area contributed by atoms with E-state index in [1.807, 2.05) is 12.1 Å². The summed E-state index contributed by atoms with van der Waals surface area (Å²) in [5, 5.41) is 3.60. The van der Waals surface area contributed by atoms with Gasteiger partial charge in [-0.3, -0.25) is 10.6 Å². The van der Waals surface area contributed by atoms with Crippen LogP contribution in [0.3, 0.4) is 0 Å². The van der Waals surface area contributed by atoms with E-state index >= 15 is 0 Å². The second-order valence-corrected chi connectivity index (χ2v) is 7.63. The fraction of sp³-hybridized carbons (Fsp3) is 0.391. The van der Waals surface area contributed by atoms with Gasteiger partial charge in [0.1, 0.15) is 12.0 Å². The number of benzene rings is 2. The van der Waals surface area contributed by atoms with Crippen LogP contribution < -0.4 is 15.8 Å². The van der Waals surface area contributed by atoms with Crippen LogP contribution in [0.2, 0.25) is 0 Å². The summed E-state index contributed by atoms with van der Waals surface area (Å²) in [5.74, 6) is 0.889. The number of hydrogen-bond acceptors (Lipinski definition) is 4. The van der Waals surface area contributed by atoms with Gasteiger partial charge in [-0.05, 0) is 42.2 Å². The Bertz CT molecular complexity index is 779. The van der Waals surface area contributed by atoms with Crippen molar-refractivity contribution in [1.82, 2.24) is 10.2 Å². The lowest BCUT2D eigenvalue weighted by Gasteiger charge is -2.42. The van der Waals surface area contributed by atoms with Crippen molar-refractivity contribution in [2.24, 2.45) is 5.73 Å². The van der Waals surface area contributed by atoms with Crippen LogP contribution in [0.4, 0.5) is 0 Å². The first-order valence-corrected chi connectivity index (χ1v) is 9.90. The molecule has 0 bridgehead atoms. The van der Waals surface area contributed by atoms with E-state index in [4.69, 9.17) is 10.5 Å². The standard InChI is InChI=1S/C23H29N3O/c1-27-20-12-10-19(11-13-20)17-26-22(24)25-21(16-18-8-4-2-5-9-18)23(26)14-6-3-7-15-23/h2,4-5,8-13,16,22,25H,3,6-7,14-15,17,24H2,1H3/b21-16-. The molecule has 1 aliphatic carbocycles. The zero-order valence-corrected chi connectivity index (χ0v) is 16.0. The Kier molecular flexibility index (Phi) is 5.19. The first-order chi connectivity index (χ1) is 13.2. The van der Waals surface area contributed by atoms with Crippen molar-refractivity contribution in [1.29, 1.82) is 0 Å². The fourth-order valence-electron chi connectivity index (χ4n) is 4.56. The molecule has 1 unspecified atom stereocenters. The number of nitrogens with zero attached hydrogens (tertiary/aromatic N) is 1. The molecule has 2 aromatic rings. The number of nitrogens with one attached hydrogen (secondary N) is 1. The largest absolute Gasteiger partial charge is 0.497 e. The molecule has 2 fully saturated rings. The lowest BCUT2D eigenvalue weighted by molar-refractivity contribution is 0.0727. The maximum atomic E-state index is 6.58. The van der Waals surface area contributed by atoms with Gasteiger partial charge in [0.05, 0.1) is 12.6 Å². The molecule has 0 amide bonds. The minimum Gasteiger partial charge on any atom is -0.497 e. The summed E-state index contributed by atoms with van der Waals surface area (Å²) in [4.78, 5) is 2.46. The molecule has 4 heteroatoms. The molecule has 0 aromatic heterocycles. The van der Waals surface area contributed by atoms with Crippen LogP contribution in [-0.2, 0) is 6.54 Å². The zero-order chi connectivity index (χ0) is 18.7. The Hall–Kier alpha value is -2.30. The Balaban J connectivity index is 1.66. The summed E-state index contributed by atoms with van der Waals surface area (Å²) in [6, 6.07) is 18.9. The molecule has 1 saturated heterocycles. The number of nitrogens with two attached hydrogens (primary N) is 1. The third kappa shape index (κ3) is 3.60. The van der Waals surface area contributed by atoms with E-state index in [9.17, 15) is 0 Å². The smallest absolute Gasteiger partial charge is 0.133 e. The normalized spacial score (nSPS) is 23.5. The van der Waals surface area contributed by atoms with Gasteiger partial charge >= 0.3 is 0 Å². The van der Waals surface area contributed by atoms with Gasteiger partial charge in [-0.2, -0.15) is 0 Å². The van der Waals surface area contributed by atoms with Crippen molar-refractivity contribution >= 4 is 6.08 Å². The van der Waals surface area contributed by atoms with E-state index in [-0.39, 0.29) is 11.8 Å². The van der Waals surface area contributed by atoms with Crippen LogP contribution >= 0.6 is 0 Å². The highest BCUT2D eigenvalue weighted by atomic mass is 16.5. The first kappa shape index (κ1) is 18.1. The van der Waals surface area contributed by atoms with Gasteiger partial charge in [0.15, 0.2) is 0 Å². The molecule has 27 heavy (non-hydrogen) atoms. The average Bonchev–Trinajstić information content (AvgIpc) is 2.95. The highest BCUT2D eigenvalue weighted by Gasteiger charge is 2.48. The molecule has 2 aromatic carbocycles. The van der Waals surface area contributed by atoms with E-state index in [1.54, 1.807) is 7.11 Å². The fourth-order valence-corrected chi connectivity index (χ4v) is 4.56. The van der Waals surface area contributed by atoms with E-state index < -0.39 is 0 Å². The van der Waals surface area contributed by atoms with Crippen LogP contribution in [0.5, 0.6) is 5.75 Å². The SMILES string of the molecule is COc1ccc(CN2C(N)N/C(=C\c3ccccc3)C23CCCCC3)cc1. The minimum atomic E-state index is -0.167. The molecule has 1 aliphatic heterocycles. The second kappa shape index (κ2) is 7.75. The molecular formula is C23H29N3O. The van der Waals surface area contributed by atoms with Crippen LogP contribution in [0.15, 0.2) is 60.3 Å². The topological polar surface area (TPSA) is 50.5 Å². The van der Waals surface area contributed by atoms with Crippen molar-refractivity contribution in [2.45, 2.75) is 50.5 Å². The summed E-state index contributed by atoms with van der Waals surface area (Å²) in [5.41, 5.74) is 10.4. The molecule has 4 nitrogen and oxygen atoms in total. The summed E-state index contributed by atoms with van der Waals surface area (Å²) < 4.78 is 5.29. The molecule has 3 N–H and O–H groups in total. The zero-order valence-electron chi connectivity index (χ0n) is 16.0. The van der Waals surface area contributed by atoms with Crippen molar-refractivity contribution in [2.75, 3.05) is 7.11 Å². The van der Waals surface area contributed by atoms with Gasteiger partial charge in [-0.1, -0.05) is 61.7 Å². The Morgan fingerprint density at radius 3 is 2.44 bits per heavy atom. The molecular weight excluding hydrogens is 334 g/mol. The average molecular weight is 364 g/mol. The monoisotopic (exact) mass is 363 g/mol. The van der Waals surface area contributed by atoms with Crippen LogP contribution in [0.25, 0.3) is 6.08 Å². The van der Waals surface area contributed by atoms with Crippen LogP contribution in [0, 0.1) is 0 Å². The molecule has 1 atom stereocenters. The highest BCUT2D eigenvalue weighted by molar-refractivity contribution is 5.56. The molecule has 1 heterocycles. The maximum Gasteiger partial charge on any atom is 0.133 e. The molecule has 142 valence electrons. The van der Waals surface area contributed by atoms with Gasteiger partial charge in [-0.15, -0.1) is 0 Å². The lowest BCUT2D eigenvalue weighted by atomic mass is 9.78. The summed E-state index contributed by atoms with van der Waals surface area (Å²) >= 11 is 0. The summed E-state index contributed by atoms with van der Waals surface area (Å²) in [7, 11) is 1.70. The van der Waals surface area contributed by atoms with Crippen molar-refractivity contribution in [3.8, 4) is 5.75 Å². The third-order valence-corrected chi connectivity index (χ3v) is 5.99. The first-order valence-electron chi connectivity index (χ1n) is 9.90. The molecule has 1 saturated carbocycles. The van der Waals surface area contributed by atoms with Gasteiger partial charge < -0.3 is 10.1 Å². The molecule has 0 radical (unpaired) electrons. The van der Waals surface area contributed by atoms with E-state index in [1.165, 1.54) is 36.1 Å². The predicted octanol–water partition coefficient (Wildman–Crippen LogP) is 4.09. The third-order valence-electron chi connectivity index (χ3n) is 5.99. The Morgan fingerprint density at radius 1 is 1.07 bits per heavy atom. The van der Waals surface area contributed by atoms with Crippen molar-refractivity contribution < 1.29 is 4.74 Å². The van der Waals surface area contributed by atoms with Crippen LogP contribution in [-0.4, -0.2) is 23.8 Å². The quantitative estimate of drug-likeness (QED) is 0.859. The number of methoxy groups -OCH3 is 1. The van der Waals surface area contributed by atoms with E-state index in [2.05, 4.69) is 58.8 Å². The van der Waals surface area contributed by atoms with Gasteiger partial charge in [0.25, 0.3) is 0 Å². The summed E-state index contributed by atoms with van der Waals surface area (Å²) in [6.07, 6.45) is 8.25. The van der Waals surface area contributed by atoms with Gasteiger partial charge in [0, 0.05) is 12.2 Å². The molecule has 1 spiro atoms. The maximum absolute atomic E-state index is 6.58.